The Labute approximate surface area is 133 Å². The first kappa shape index (κ1) is 14.9. The number of hydrogen-bond acceptors (Lipinski definition) is 0. The summed E-state index contributed by atoms with van der Waals surface area (Å²) in [5.74, 6) is 1.17. The Morgan fingerprint density at radius 3 is 2.05 bits per heavy atom. The molecule has 0 saturated heterocycles. The van der Waals surface area contributed by atoms with Crippen molar-refractivity contribution in [3.63, 3.8) is 0 Å². The van der Waals surface area contributed by atoms with E-state index in [2.05, 4.69) is 87.0 Å². The van der Waals surface area contributed by atoms with Gasteiger partial charge in [-0.3, -0.25) is 0 Å². The zero-order valence-electron chi connectivity index (χ0n) is 14.0. The zero-order valence-corrected chi connectivity index (χ0v) is 14.0. The number of rotatable bonds is 4. The standard InChI is InChI=1S/C21H25N/c1-15(2)18-7-5-17(6-8-18)14-22-12-11-20-13-19(16(3)4)9-10-21(20)22/h5-13,15-16H,14H2,1-4H3. The highest BCUT2D eigenvalue weighted by Gasteiger charge is 2.06. The molecular formula is C21H25N. The monoisotopic (exact) mass is 291 g/mol. The average Bonchev–Trinajstić information content (AvgIpc) is 2.90. The fourth-order valence-corrected chi connectivity index (χ4v) is 2.92. The number of fused-ring (bicyclic) bond motifs is 1. The Morgan fingerprint density at radius 2 is 1.41 bits per heavy atom. The molecule has 1 heteroatoms. The van der Waals surface area contributed by atoms with E-state index >= 15 is 0 Å². The van der Waals surface area contributed by atoms with Crippen LogP contribution in [0.25, 0.3) is 10.9 Å². The van der Waals surface area contributed by atoms with Crippen molar-refractivity contribution in [2.75, 3.05) is 0 Å². The highest BCUT2D eigenvalue weighted by atomic mass is 14.9. The van der Waals surface area contributed by atoms with Crippen LogP contribution in [0.2, 0.25) is 0 Å². The van der Waals surface area contributed by atoms with Gasteiger partial charge in [0.15, 0.2) is 0 Å². The molecule has 2 aromatic carbocycles. The van der Waals surface area contributed by atoms with Gasteiger partial charge in [0.2, 0.25) is 0 Å². The lowest BCUT2D eigenvalue weighted by Crippen LogP contribution is -1.98. The van der Waals surface area contributed by atoms with Gasteiger partial charge < -0.3 is 4.57 Å². The van der Waals surface area contributed by atoms with Crippen molar-refractivity contribution < 1.29 is 0 Å². The van der Waals surface area contributed by atoms with Crippen LogP contribution in [0.1, 0.15) is 56.2 Å². The SMILES string of the molecule is CC(C)c1ccc(Cn2ccc3cc(C(C)C)ccc32)cc1. The van der Waals surface area contributed by atoms with Crippen LogP contribution >= 0.6 is 0 Å². The minimum Gasteiger partial charge on any atom is -0.343 e. The fourth-order valence-electron chi connectivity index (χ4n) is 2.92. The van der Waals surface area contributed by atoms with Crippen LogP contribution < -0.4 is 0 Å². The summed E-state index contributed by atoms with van der Waals surface area (Å²) in [5, 5.41) is 1.34. The Kier molecular flexibility index (Phi) is 4.06. The molecule has 0 aliphatic rings. The first-order valence-electron chi connectivity index (χ1n) is 8.22. The Bertz CT molecular complexity index is 760. The van der Waals surface area contributed by atoms with Crippen molar-refractivity contribution in [2.45, 2.75) is 46.1 Å². The maximum absolute atomic E-state index is 2.34. The number of aromatic nitrogens is 1. The number of benzene rings is 2. The third-order valence-corrected chi connectivity index (χ3v) is 4.46. The van der Waals surface area contributed by atoms with E-state index in [1.807, 2.05) is 0 Å². The molecule has 1 aromatic heterocycles. The fraction of sp³-hybridized carbons (Fsp3) is 0.333. The van der Waals surface area contributed by atoms with Gasteiger partial charge in [-0.25, -0.2) is 0 Å². The van der Waals surface area contributed by atoms with Crippen LogP contribution in [0.4, 0.5) is 0 Å². The molecular weight excluding hydrogens is 266 g/mol. The van der Waals surface area contributed by atoms with Gasteiger partial charge in [0.1, 0.15) is 0 Å². The van der Waals surface area contributed by atoms with E-state index < -0.39 is 0 Å². The van der Waals surface area contributed by atoms with Crippen molar-refractivity contribution in [1.82, 2.24) is 4.57 Å². The van der Waals surface area contributed by atoms with E-state index in [1.54, 1.807) is 0 Å². The summed E-state index contributed by atoms with van der Waals surface area (Å²) in [4.78, 5) is 0. The van der Waals surface area contributed by atoms with Crippen LogP contribution in [0.3, 0.4) is 0 Å². The van der Waals surface area contributed by atoms with Gasteiger partial charge in [-0.15, -0.1) is 0 Å². The molecule has 0 atom stereocenters. The maximum atomic E-state index is 2.34. The van der Waals surface area contributed by atoms with E-state index in [9.17, 15) is 0 Å². The summed E-state index contributed by atoms with van der Waals surface area (Å²) in [7, 11) is 0. The van der Waals surface area contributed by atoms with Crippen molar-refractivity contribution in [2.24, 2.45) is 0 Å². The molecule has 0 unspecified atom stereocenters. The van der Waals surface area contributed by atoms with Crippen molar-refractivity contribution >= 4 is 10.9 Å². The molecule has 0 fully saturated rings. The van der Waals surface area contributed by atoms with E-state index in [1.165, 1.54) is 27.6 Å². The molecule has 1 heterocycles. The molecule has 1 nitrogen and oxygen atoms in total. The molecule has 114 valence electrons. The molecule has 0 N–H and O–H groups in total. The number of nitrogens with zero attached hydrogens (tertiary/aromatic N) is 1. The van der Waals surface area contributed by atoms with Gasteiger partial charge >= 0.3 is 0 Å². The minimum atomic E-state index is 0.580. The molecule has 0 spiro atoms. The normalized spacial score (nSPS) is 11.7. The molecule has 3 aromatic rings. The molecule has 0 aliphatic carbocycles. The highest BCUT2D eigenvalue weighted by Crippen LogP contribution is 2.23. The van der Waals surface area contributed by atoms with Crippen molar-refractivity contribution in [1.29, 1.82) is 0 Å². The summed E-state index contributed by atoms with van der Waals surface area (Å²) >= 11 is 0. The second-order valence-corrected chi connectivity index (χ2v) is 6.81. The molecule has 22 heavy (non-hydrogen) atoms. The van der Waals surface area contributed by atoms with Crippen molar-refractivity contribution in [3.8, 4) is 0 Å². The third kappa shape index (κ3) is 2.94. The van der Waals surface area contributed by atoms with Crippen LogP contribution in [-0.2, 0) is 6.54 Å². The van der Waals surface area contributed by atoms with E-state index in [0.717, 1.165) is 6.54 Å². The lowest BCUT2D eigenvalue weighted by molar-refractivity contribution is 0.827. The Hall–Kier alpha value is -2.02. The summed E-state index contributed by atoms with van der Waals surface area (Å²) in [6.45, 7) is 9.90. The van der Waals surface area contributed by atoms with Crippen LogP contribution in [0.5, 0.6) is 0 Å². The highest BCUT2D eigenvalue weighted by molar-refractivity contribution is 5.81. The second-order valence-electron chi connectivity index (χ2n) is 6.81. The number of hydrogen-bond donors (Lipinski definition) is 0. The van der Waals surface area contributed by atoms with Gasteiger partial charge in [0.05, 0.1) is 0 Å². The predicted octanol–water partition coefficient (Wildman–Crippen LogP) is 5.94. The van der Waals surface area contributed by atoms with E-state index in [-0.39, 0.29) is 0 Å². The van der Waals surface area contributed by atoms with Crippen LogP contribution in [-0.4, -0.2) is 4.57 Å². The smallest absolute Gasteiger partial charge is 0.0483 e. The van der Waals surface area contributed by atoms with Gasteiger partial charge in [-0.2, -0.15) is 0 Å². The summed E-state index contributed by atoms with van der Waals surface area (Å²) in [6.07, 6.45) is 2.20. The van der Waals surface area contributed by atoms with Crippen molar-refractivity contribution in [3.05, 3.63) is 71.4 Å². The van der Waals surface area contributed by atoms with Gasteiger partial charge in [0.25, 0.3) is 0 Å². The largest absolute Gasteiger partial charge is 0.343 e. The summed E-state index contributed by atoms with van der Waals surface area (Å²) in [6, 6.07) is 18.1. The first-order valence-corrected chi connectivity index (χ1v) is 8.22. The molecule has 0 amide bonds. The second kappa shape index (κ2) is 6.00. The molecule has 0 aliphatic heterocycles. The predicted molar refractivity (Wildman–Crippen MR) is 95.7 cm³/mol. The Morgan fingerprint density at radius 1 is 0.773 bits per heavy atom. The quantitative estimate of drug-likeness (QED) is 0.561. The Balaban J connectivity index is 1.87. The molecule has 0 radical (unpaired) electrons. The summed E-state index contributed by atoms with van der Waals surface area (Å²) in [5.41, 5.74) is 5.49. The first-order chi connectivity index (χ1) is 10.5. The van der Waals surface area contributed by atoms with Gasteiger partial charge in [-0.1, -0.05) is 58.0 Å². The van der Waals surface area contributed by atoms with Crippen LogP contribution in [0.15, 0.2) is 54.7 Å². The third-order valence-electron chi connectivity index (χ3n) is 4.46. The average molecular weight is 291 g/mol. The topological polar surface area (TPSA) is 4.93 Å². The maximum Gasteiger partial charge on any atom is 0.0483 e. The van der Waals surface area contributed by atoms with E-state index in [4.69, 9.17) is 0 Å². The lowest BCUT2D eigenvalue weighted by atomic mass is 10.0. The molecule has 0 saturated carbocycles. The molecule has 3 rings (SSSR count). The van der Waals surface area contributed by atoms with E-state index in [0.29, 0.717) is 11.8 Å². The minimum absolute atomic E-state index is 0.580. The lowest BCUT2D eigenvalue weighted by Gasteiger charge is -2.10. The summed E-state index contributed by atoms with van der Waals surface area (Å²) < 4.78 is 2.34. The van der Waals surface area contributed by atoms with Gasteiger partial charge in [-0.05, 0) is 52.1 Å². The zero-order chi connectivity index (χ0) is 15.7. The van der Waals surface area contributed by atoms with Crippen LogP contribution in [0, 0.1) is 0 Å². The van der Waals surface area contributed by atoms with Gasteiger partial charge in [0, 0.05) is 18.3 Å². The molecule has 0 bridgehead atoms.